The van der Waals surface area contributed by atoms with Gasteiger partial charge in [0, 0.05) is 38.1 Å². The average molecular weight is 300 g/mol. The number of ether oxygens (including phenoxy) is 1. The SMILES string of the molecule is Cc1ccn(CCC(=O)N2CCOC(c3ccncc3)C2)n1. The van der Waals surface area contributed by atoms with Gasteiger partial charge in [-0.2, -0.15) is 5.10 Å². The van der Waals surface area contributed by atoms with Gasteiger partial charge >= 0.3 is 0 Å². The number of amides is 1. The maximum atomic E-state index is 12.4. The summed E-state index contributed by atoms with van der Waals surface area (Å²) in [7, 11) is 0. The predicted octanol–water partition coefficient (Wildman–Crippen LogP) is 1.58. The molecule has 2 aromatic rings. The highest BCUT2D eigenvalue weighted by atomic mass is 16.5. The van der Waals surface area contributed by atoms with Crippen LogP contribution in [-0.4, -0.2) is 45.3 Å². The zero-order valence-corrected chi connectivity index (χ0v) is 12.7. The summed E-state index contributed by atoms with van der Waals surface area (Å²) in [6.07, 6.45) is 5.80. The predicted molar refractivity (Wildman–Crippen MR) is 81.1 cm³/mol. The normalized spacial score (nSPS) is 18.4. The number of hydrogen-bond acceptors (Lipinski definition) is 4. The van der Waals surface area contributed by atoms with Gasteiger partial charge in [0.1, 0.15) is 6.10 Å². The lowest BCUT2D eigenvalue weighted by Gasteiger charge is -2.33. The number of pyridine rings is 1. The summed E-state index contributed by atoms with van der Waals surface area (Å²) in [4.78, 5) is 18.3. The van der Waals surface area contributed by atoms with E-state index in [0.29, 0.717) is 32.7 Å². The number of nitrogens with zero attached hydrogens (tertiary/aromatic N) is 4. The Morgan fingerprint density at radius 1 is 1.36 bits per heavy atom. The summed E-state index contributed by atoms with van der Waals surface area (Å²) in [6, 6.07) is 5.81. The molecule has 1 aliphatic heterocycles. The largest absolute Gasteiger partial charge is 0.370 e. The molecular formula is C16H20N4O2. The van der Waals surface area contributed by atoms with Crippen molar-refractivity contribution in [2.75, 3.05) is 19.7 Å². The van der Waals surface area contributed by atoms with Crippen LogP contribution >= 0.6 is 0 Å². The molecule has 1 saturated heterocycles. The van der Waals surface area contributed by atoms with Gasteiger partial charge in [-0.1, -0.05) is 0 Å². The molecule has 1 unspecified atom stereocenters. The van der Waals surface area contributed by atoms with Crippen molar-refractivity contribution in [2.45, 2.75) is 26.0 Å². The number of carbonyl (C=O) groups is 1. The van der Waals surface area contributed by atoms with Crippen LogP contribution in [0, 0.1) is 6.92 Å². The fourth-order valence-electron chi connectivity index (χ4n) is 2.61. The molecule has 0 bridgehead atoms. The smallest absolute Gasteiger partial charge is 0.224 e. The van der Waals surface area contributed by atoms with Crippen LogP contribution in [0.25, 0.3) is 0 Å². The summed E-state index contributed by atoms with van der Waals surface area (Å²) in [5, 5.41) is 4.30. The van der Waals surface area contributed by atoms with Crippen molar-refractivity contribution in [3.63, 3.8) is 0 Å². The van der Waals surface area contributed by atoms with Crippen LogP contribution in [0.2, 0.25) is 0 Å². The fraction of sp³-hybridized carbons (Fsp3) is 0.438. The first-order valence-electron chi connectivity index (χ1n) is 7.52. The topological polar surface area (TPSA) is 60.2 Å². The Morgan fingerprint density at radius 3 is 2.91 bits per heavy atom. The molecule has 1 fully saturated rings. The van der Waals surface area contributed by atoms with Crippen LogP contribution in [0.15, 0.2) is 36.8 Å². The minimum Gasteiger partial charge on any atom is -0.370 e. The van der Waals surface area contributed by atoms with Crippen molar-refractivity contribution in [3.05, 3.63) is 48.0 Å². The van der Waals surface area contributed by atoms with E-state index in [-0.39, 0.29) is 12.0 Å². The molecule has 0 radical (unpaired) electrons. The zero-order valence-electron chi connectivity index (χ0n) is 12.7. The van der Waals surface area contributed by atoms with Crippen molar-refractivity contribution < 1.29 is 9.53 Å². The maximum Gasteiger partial charge on any atom is 0.224 e. The van der Waals surface area contributed by atoms with E-state index in [4.69, 9.17) is 4.74 Å². The van der Waals surface area contributed by atoms with E-state index in [0.717, 1.165) is 11.3 Å². The third kappa shape index (κ3) is 3.51. The highest BCUT2D eigenvalue weighted by Gasteiger charge is 2.25. The monoisotopic (exact) mass is 300 g/mol. The van der Waals surface area contributed by atoms with Crippen molar-refractivity contribution in [1.29, 1.82) is 0 Å². The molecule has 2 aromatic heterocycles. The molecule has 116 valence electrons. The Kier molecular flexibility index (Phi) is 4.48. The number of rotatable bonds is 4. The molecule has 0 N–H and O–H groups in total. The second-order valence-corrected chi connectivity index (χ2v) is 5.45. The first-order chi connectivity index (χ1) is 10.7. The van der Waals surface area contributed by atoms with Crippen LogP contribution in [0.5, 0.6) is 0 Å². The zero-order chi connectivity index (χ0) is 15.4. The van der Waals surface area contributed by atoms with Gasteiger partial charge in [0.15, 0.2) is 0 Å². The first-order valence-corrected chi connectivity index (χ1v) is 7.52. The molecule has 0 aliphatic carbocycles. The van der Waals surface area contributed by atoms with Gasteiger partial charge in [-0.15, -0.1) is 0 Å². The Labute approximate surface area is 129 Å². The second-order valence-electron chi connectivity index (χ2n) is 5.45. The Morgan fingerprint density at radius 2 is 2.18 bits per heavy atom. The van der Waals surface area contributed by atoms with Gasteiger partial charge < -0.3 is 9.64 Å². The molecular weight excluding hydrogens is 280 g/mol. The van der Waals surface area contributed by atoms with Crippen LogP contribution < -0.4 is 0 Å². The summed E-state index contributed by atoms with van der Waals surface area (Å²) in [5.41, 5.74) is 2.03. The van der Waals surface area contributed by atoms with Gasteiger partial charge in [-0.25, -0.2) is 0 Å². The maximum absolute atomic E-state index is 12.4. The van der Waals surface area contributed by atoms with Crippen molar-refractivity contribution in [3.8, 4) is 0 Å². The molecule has 1 amide bonds. The Hall–Kier alpha value is -2.21. The number of carbonyl (C=O) groups excluding carboxylic acids is 1. The van der Waals surface area contributed by atoms with Crippen molar-refractivity contribution >= 4 is 5.91 Å². The second kappa shape index (κ2) is 6.70. The van der Waals surface area contributed by atoms with Gasteiger partial charge in [-0.05, 0) is 30.7 Å². The molecule has 22 heavy (non-hydrogen) atoms. The van der Waals surface area contributed by atoms with Gasteiger partial charge in [0.25, 0.3) is 0 Å². The van der Waals surface area contributed by atoms with Gasteiger partial charge in [0.05, 0.1) is 18.8 Å². The van der Waals surface area contributed by atoms with Crippen molar-refractivity contribution in [2.24, 2.45) is 0 Å². The average Bonchev–Trinajstić information content (AvgIpc) is 2.99. The van der Waals surface area contributed by atoms with Gasteiger partial charge in [0.2, 0.25) is 5.91 Å². The minimum absolute atomic E-state index is 0.0624. The van der Waals surface area contributed by atoms with Crippen LogP contribution in [0.4, 0.5) is 0 Å². The number of aryl methyl sites for hydroxylation is 2. The molecule has 0 aromatic carbocycles. The van der Waals surface area contributed by atoms with E-state index in [1.807, 2.05) is 40.9 Å². The van der Waals surface area contributed by atoms with Crippen molar-refractivity contribution in [1.82, 2.24) is 19.7 Å². The standard InChI is InChI=1S/C16H20N4O2/c1-13-4-8-20(18-13)9-5-16(21)19-10-11-22-15(12-19)14-2-6-17-7-3-14/h2-4,6-8,15H,5,9-12H2,1H3. The van der Waals surface area contributed by atoms with E-state index < -0.39 is 0 Å². The molecule has 1 aliphatic rings. The lowest BCUT2D eigenvalue weighted by molar-refractivity contribution is -0.139. The highest BCUT2D eigenvalue weighted by molar-refractivity contribution is 5.76. The quantitative estimate of drug-likeness (QED) is 0.860. The Balaban J connectivity index is 1.56. The van der Waals surface area contributed by atoms with E-state index in [2.05, 4.69) is 10.1 Å². The fourth-order valence-corrected chi connectivity index (χ4v) is 2.61. The number of aromatic nitrogens is 3. The summed E-state index contributed by atoms with van der Waals surface area (Å²) in [6.45, 7) is 4.38. The summed E-state index contributed by atoms with van der Waals surface area (Å²) in [5.74, 6) is 0.149. The van der Waals surface area contributed by atoms with E-state index in [9.17, 15) is 4.79 Å². The van der Waals surface area contributed by atoms with Crippen LogP contribution in [0.1, 0.15) is 23.8 Å². The molecule has 0 saturated carbocycles. The third-order valence-electron chi connectivity index (χ3n) is 3.83. The molecule has 1 atom stereocenters. The lowest BCUT2D eigenvalue weighted by atomic mass is 10.1. The first kappa shape index (κ1) is 14.7. The summed E-state index contributed by atoms with van der Waals surface area (Å²) >= 11 is 0. The number of morpholine rings is 1. The van der Waals surface area contributed by atoms with E-state index in [1.165, 1.54) is 0 Å². The molecule has 3 rings (SSSR count). The lowest BCUT2D eigenvalue weighted by Crippen LogP contribution is -2.42. The third-order valence-corrected chi connectivity index (χ3v) is 3.83. The van der Waals surface area contributed by atoms with Crippen LogP contribution in [-0.2, 0) is 16.1 Å². The molecule has 6 nitrogen and oxygen atoms in total. The van der Waals surface area contributed by atoms with Crippen LogP contribution in [0.3, 0.4) is 0 Å². The molecule has 0 spiro atoms. The highest BCUT2D eigenvalue weighted by Crippen LogP contribution is 2.21. The minimum atomic E-state index is -0.0624. The Bertz CT molecular complexity index is 626. The molecule has 6 heteroatoms. The van der Waals surface area contributed by atoms with E-state index in [1.54, 1.807) is 12.4 Å². The molecule has 3 heterocycles. The van der Waals surface area contributed by atoms with E-state index >= 15 is 0 Å². The van der Waals surface area contributed by atoms with Gasteiger partial charge in [-0.3, -0.25) is 14.5 Å². The summed E-state index contributed by atoms with van der Waals surface area (Å²) < 4.78 is 7.58. The number of hydrogen-bond donors (Lipinski definition) is 0.